The van der Waals surface area contributed by atoms with Crippen molar-refractivity contribution in [2.45, 2.75) is 0 Å². The maximum Gasteiger partial charge on any atom is 0.335 e. The average Bonchev–Trinajstić information content (AvgIpc) is 2.42. The van der Waals surface area contributed by atoms with Crippen LogP contribution in [0.15, 0.2) is 42.5 Å². The van der Waals surface area contributed by atoms with Gasteiger partial charge >= 0.3 is 5.97 Å². The van der Waals surface area contributed by atoms with E-state index in [2.05, 4.69) is 27.9 Å². The number of hydrogen-bond acceptors (Lipinski definition) is 2. The van der Waals surface area contributed by atoms with Crippen LogP contribution < -0.4 is 5.32 Å². The molecule has 6 heteroatoms. The number of halogens is 2. The summed E-state index contributed by atoms with van der Waals surface area (Å²) in [6, 6.07) is 11.1. The fourth-order valence-electron chi connectivity index (χ4n) is 1.57. The standard InChI is InChI=1S/C14H9ClINO3/c15-12-6-3-9(16)7-11(12)13(18)17-10-4-1-8(2-5-10)14(19)20/h1-7H,(H,17,18)(H,19,20). The van der Waals surface area contributed by atoms with Crippen LogP contribution >= 0.6 is 34.2 Å². The van der Waals surface area contributed by atoms with Crippen LogP contribution in [0.5, 0.6) is 0 Å². The SMILES string of the molecule is O=C(O)c1ccc(NC(=O)c2cc(I)ccc2Cl)cc1. The van der Waals surface area contributed by atoms with E-state index in [1.165, 1.54) is 24.3 Å². The first-order valence-corrected chi connectivity index (χ1v) is 7.03. The molecule has 2 aromatic carbocycles. The molecule has 2 aromatic rings. The first-order chi connectivity index (χ1) is 9.47. The van der Waals surface area contributed by atoms with Crippen molar-refractivity contribution >= 4 is 51.8 Å². The van der Waals surface area contributed by atoms with Gasteiger partial charge in [0, 0.05) is 9.26 Å². The largest absolute Gasteiger partial charge is 0.478 e. The van der Waals surface area contributed by atoms with E-state index < -0.39 is 5.97 Å². The van der Waals surface area contributed by atoms with Gasteiger partial charge in [0.15, 0.2) is 0 Å². The zero-order valence-corrected chi connectivity index (χ0v) is 13.0. The van der Waals surface area contributed by atoms with Crippen molar-refractivity contribution in [1.29, 1.82) is 0 Å². The molecule has 0 aliphatic carbocycles. The average molecular weight is 402 g/mol. The van der Waals surface area contributed by atoms with Crippen LogP contribution in [-0.2, 0) is 0 Å². The predicted molar refractivity (Wildman–Crippen MR) is 85.5 cm³/mol. The van der Waals surface area contributed by atoms with E-state index in [1.807, 2.05) is 0 Å². The molecule has 1 amide bonds. The van der Waals surface area contributed by atoms with Crippen molar-refractivity contribution in [2.24, 2.45) is 0 Å². The lowest BCUT2D eigenvalue weighted by Crippen LogP contribution is -2.12. The highest BCUT2D eigenvalue weighted by Crippen LogP contribution is 2.20. The van der Waals surface area contributed by atoms with Crippen LogP contribution in [0.1, 0.15) is 20.7 Å². The monoisotopic (exact) mass is 401 g/mol. The minimum absolute atomic E-state index is 0.162. The van der Waals surface area contributed by atoms with Gasteiger partial charge in [-0.25, -0.2) is 4.79 Å². The molecule has 0 aliphatic rings. The number of anilines is 1. The summed E-state index contributed by atoms with van der Waals surface area (Å²) >= 11 is 8.08. The molecule has 0 bridgehead atoms. The van der Waals surface area contributed by atoms with Gasteiger partial charge in [-0.05, 0) is 65.1 Å². The molecule has 0 fully saturated rings. The lowest BCUT2D eigenvalue weighted by atomic mass is 10.2. The zero-order chi connectivity index (χ0) is 14.7. The highest BCUT2D eigenvalue weighted by molar-refractivity contribution is 14.1. The van der Waals surface area contributed by atoms with Crippen molar-refractivity contribution in [1.82, 2.24) is 0 Å². The highest BCUT2D eigenvalue weighted by atomic mass is 127. The summed E-state index contributed by atoms with van der Waals surface area (Å²) in [7, 11) is 0. The summed E-state index contributed by atoms with van der Waals surface area (Å²) in [6.07, 6.45) is 0. The summed E-state index contributed by atoms with van der Waals surface area (Å²) in [5.74, 6) is -1.35. The van der Waals surface area contributed by atoms with E-state index in [0.29, 0.717) is 16.3 Å². The molecule has 0 spiro atoms. The lowest BCUT2D eigenvalue weighted by Gasteiger charge is -2.07. The van der Waals surface area contributed by atoms with Gasteiger partial charge in [0.2, 0.25) is 0 Å². The lowest BCUT2D eigenvalue weighted by molar-refractivity contribution is 0.0696. The van der Waals surface area contributed by atoms with Gasteiger partial charge in [0.1, 0.15) is 0 Å². The number of carbonyl (C=O) groups is 2. The Hall–Kier alpha value is -1.60. The van der Waals surface area contributed by atoms with Gasteiger partial charge in [0.25, 0.3) is 5.91 Å². The van der Waals surface area contributed by atoms with Crippen LogP contribution in [0.3, 0.4) is 0 Å². The summed E-state index contributed by atoms with van der Waals surface area (Å²) < 4.78 is 0.901. The van der Waals surface area contributed by atoms with E-state index >= 15 is 0 Å². The number of carbonyl (C=O) groups excluding carboxylic acids is 1. The number of hydrogen-bond donors (Lipinski definition) is 2. The second-order valence-electron chi connectivity index (χ2n) is 3.96. The topological polar surface area (TPSA) is 66.4 Å². The van der Waals surface area contributed by atoms with Crippen molar-refractivity contribution in [3.63, 3.8) is 0 Å². The smallest absolute Gasteiger partial charge is 0.335 e. The summed E-state index contributed by atoms with van der Waals surface area (Å²) in [4.78, 5) is 22.8. The molecule has 2 N–H and O–H groups in total. The van der Waals surface area contributed by atoms with E-state index in [9.17, 15) is 9.59 Å². The Morgan fingerprint density at radius 2 is 1.75 bits per heavy atom. The Morgan fingerprint density at radius 1 is 1.10 bits per heavy atom. The van der Waals surface area contributed by atoms with Crippen molar-refractivity contribution in [3.8, 4) is 0 Å². The number of aromatic carboxylic acids is 1. The van der Waals surface area contributed by atoms with Gasteiger partial charge in [0.05, 0.1) is 16.1 Å². The molecule has 4 nitrogen and oxygen atoms in total. The molecule has 0 aliphatic heterocycles. The third-order valence-electron chi connectivity index (χ3n) is 2.56. The number of rotatable bonds is 3. The first kappa shape index (κ1) is 14.8. The molecular formula is C14H9ClINO3. The summed E-state index contributed by atoms with van der Waals surface area (Å²) in [5, 5.41) is 11.8. The predicted octanol–water partition coefficient (Wildman–Crippen LogP) is 3.90. The third-order valence-corrected chi connectivity index (χ3v) is 3.56. The summed E-state index contributed by atoms with van der Waals surface area (Å²) in [5.41, 5.74) is 1.05. The van der Waals surface area contributed by atoms with E-state index in [1.54, 1.807) is 18.2 Å². The highest BCUT2D eigenvalue weighted by Gasteiger charge is 2.11. The normalized spacial score (nSPS) is 10.1. The van der Waals surface area contributed by atoms with Crippen molar-refractivity contribution < 1.29 is 14.7 Å². The molecule has 0 radical (unpaired) electrons. The first-order valence-electron chi connectivity index (χ1n) is 5.57. The second-order valence-corrected chi connectivity index (χ2v) is 5.61. The summed E-state index contributed by atoms with van der Waals surface area (Å²) in [6.45, 7) is 0. The number of nitrogens with one attached hydrogen (secondary N) is 1. The Bertz CT molecular complexity index is 671. The van der Waals surface area contributed by atoms with Gasteiger partial charge in [-0.1, -0.05) is 11.6 Å². The number of benzene rings is 2. The van der Waals surface area contributed by atoms with Gasteiger partial charge in [-0.3, -0.25) is 4.79 Å². The molecule has 2 rings (SSSR count). The molecular weight excluding hydrogens is 393 g/mol. The van der Waals surface area contributed by atoms with Gasteiger partial charge in [-0.15, -0.1) is 0 Å². The fourth-order valence-corrected chi connectivity index (χ4v) is 2.26. The van der Waals surface area contributed by atoms with Crippen LogP contribution in [-0.4, -0.2) is 17.0 Å². The van der Waals surface area contributed by atoms with Crippen LogP contribution in [0.25, 0.3) is 0 Å². The quantitative estimate of drug-likeness (QED) is 0.767. The minimum Gasteiger partial charge on any atom is -0.478 e. The van der Waals surface area contributed by atoms with E-state index in [4.69, 9.17) is 16.7 Å². The van der Waals surface area contributed by atoms with E-state index in [-0.39, 0.29) is 11.5 Å². The Kier molecular flexibility index (Phi) is 4.61. The second kappa shape index (κ2) is 6.23. The Balaban J connectivity index is 2.19. The van der Waals surface area contributed by atoms with Crippen LogP contribution in [0.4, 0.5) is 5.69 Å². The van der Waals surface area contributed by atoms with Gasteiger partial charge < -0.3 is 10.4 Å². The molecule has 20 heavy (non-hydrogen) atoms. The maximum atomic E-state index is 12.1. The third kappa shape index (κ3) is 3.49. The fraction of sp³-hybridized carbons (Fsp3) is 0. The maximum absolute atomic E-state index is 12.1. The van der Waals surface area contributed by atoms with Crippen molar-refractivity contribution in [3.05, 3.63) is 62.2 Å². The molecule has 0 unspecified atom stereocenters. The molecule has 0 saturated heterocycles. The number of carboxylic acids is 1. The van der Waals surface area contributed by atoms with Crippen molar-refractivity contribution in [2.75, 3.05) is 5.32 Å². The van der Waals surface area contributed by atoms with Crippen LogP contribution in [0, 0.1) is 3.57 Å². The van der Waals surface area contributed by atoms with Gasteiger partial charge in [-0.2, -0.15) is 0 Å². The Labute approximate surface area is 133 Å². The molecule has 0 aromatic heterocycles. The zero-order valence-electron chi connectivity index (χ0n) is 10.1. The minimum atomic E-state index is -1.01. The number of amides is 1. The molecule has 0 heterocycles. The van der Waals surface area contributed by atoms with E-state index in [0.717, 1.165) is 3.57 Å². The molecule has 0 atom stereocenters. The molecule has 102 valence electrons. The number of carboxylic acid groups (broad SMARTS) is 1. The Morgan fingerprint density at radius 3 is 2.35 bits per heavy atom. The molecule has 0 saturated carbocycles. The van der Waals surface area contributed by atoms with Crippen LogP contribution in [0.2, 0.25) is 5.02 Å².